The van der Waals surface area contributed by atoms with Crippen LogP contribution in [0.15, 0.2) is 59.6 Å². The van der Waals surface area contributed by atoms with Gasteiger partial charge in [-0.25, -0.2) is 4.98 Å². The first-order chi connectivity index (χ1) is 20.6. The van der Waals surface area contributed by atoms with Gasteiger partial charge in [0, 0.05) is 44.3 Å². The van der Waals surface area contributed by atoms with Crippen LogP contribution in [0.25, 0.3) is 11.0 Å². The van der Waals surface area contributed by atoms with Crippen LogP contribution in [0.5, 0.6) is 0 Å². The molecule has 1 unspecified atom stereocenters. The van der Waals surface area contributed by atoms with E-state index in [1.165, 1.54) is 43.2 Å². The second kappa shape index (κ2) is 11.7. The second-order valence-electron chi connectivity index (χ2n) is 12.8. The number of nitrogens with zero attached hydrogens (tertiary/aromatic N) is 7. The van der Waals surface area contributed by atoms with E-state index in [2.05, 4.69) is 92.0 Å². The number of para-hydroxylation sites is 2. The molecular weight excluding hydrogens is 522 g/mol. The van der Waals surface area contributed by atoms with Crippen molar-refractivity contribution >= 4 is 17.0 Å². The summed E-state index contributed by atoms with van der Waals surface area (Å²) in [6, 6.07) is 21.7. The summed E-state index contributed by atoms with van der Waals surface area (Å²) in [7, 11) is 0. The predicted octanol–water partition coefficient (Wildman–Crippen LogP) is 5.11. The molecule has 2 bridgehead atoms. The topological polar surface area (TPSA) is 72.9 Å². The number of hydrogen-bond acceptors (Lipinski definition) is 5. The highest BCUT2D eigenvalue weighted by molar-refractivity contribution is 5.81. The summed E-state index contributed by atoms with van der Waals surface area (Å²) in [4.78, 5) is 16.6. The minimum absolute atomic E-state index is 0.147. The monoisotopic (exact) mass is 565 g/mol. The van der Waals surface area contributed by atoms with E-state index >= 15 is 0 Å². The third-order valence-corrected chi connectivity index (χ3v) is 10.7. The molecule has 0 aliphatic carbocycles. The van der Waals surface area contributed by atoms with E-state index in [4.69, 9.17) is 9.72 Å². The fourth-order valence-electron chi connectivity index (χ4n) is 8.55. The van der Waals surface area contributed by atoms with Crippen LogP contribution >= 0.6 is 0 Å². The van der Waals surface area contributed by atoms with Crippen LogP contribution in [-0.4, -0.2) is 88.2 Å². The summed E-state index contributed by atoms with van der Waals surface area (Å²) in [6.07, 6.45) is 10.5. The molecule has 3 atom stereocenters. The Morgan fingerprint density at radius 3 is 2.31 bits per heavy atom. The number of aliphatic imine (C=N–C) groups is 1. The van der Waals surface area contributed by atoms with Crippen LogP contribution in [0.1, 0.15) is 62.4 Å². The van der Waals surface area contributed by atoms with Gasteiger partial charge in [0.1, 0.15) is 5.82 Å². The summed E-state index contributed by atoms with van der Waals surface area (Å²) < 4.78 is 8.10. The Bertz CT molecular complexity index is 1430. The largest absolute Gasteiger partial charge is 0.378 e. The summed E-state index contributed by atoms with van der Waals surface area (Å²) in [5.41, 5.74) is 4.03. The van der Waals surface area contributed by atoms with Gasteiger partial charge in [0.25, 0.3) is 0 Å². The number of imidazole rings is 1. The Morgan fingerprint density at radius 1 is 0.929 bits per heavy atom. The zero-order chi connectivity index (χ0) is 28.5. The molecule has 1 aromatic heterocycles. The maximum absolute atomic E-state index is 9.48. The van der Waals surface area contributed by atoms with Crippen molar-refractivity contribution in [1.82, 2.24) is 24.3 Å². The van der Waals surface area contributed by atoms with Gasteiger partial charge < -0.3 is 19.1 Å². The van der Waals surface area contributed by atoms with Gasteiger partial charge in [0.15, 0.2) is 0 Å². The number of ether oxygens (including phenoxy) is 1. The maximum atomic E-state index is 9.48. The van der Waals surface area contributed by atoms with Crippen LogP contribution < -0.4 is 0 Å². The molecule has 0 amide bonds. The lowest BCUT2D eigenvalue weighted by atomic mass is 9.70. The standard InChI is InChI=1S/C34H43N7O/c1-26-37-31-9-5-6-10-32(31)41(26)30-23-28-11-12-29(24-30)40(28)18-15-34(27-7-3-2-4-8-27)13-16-38(17-14-34)33(36-25-35)39-19-21-42-22-20-39/h2-10,28-30H,11-24H2,1H3/t28-,29+,30?. The highest BCUT2D eigenvalue weighted by atomic mass is 16.5. The van der Waals surface area contributed by atoms with E-state index in [-0.39, 0.29) is 5.41 Å². The lowest BCUT2D eigenvalue weighted by molar-refractivity contribution is 0.0584. The third-order valence-electron chi connectivity index (χ3n) is 10.7. The lowest BCUT2D eigenvalue weighted by Gasteiger charge is -2.47. The molecule has 0 radical (unpaired) electrons. The second-order valence-corrected chi connectivity index (χ2v) is 12.8. The molecule has 8 heteroatoms. The Balaban J connectivity index is 1.06. The molecule has 0 N–H and O–H groups in total. The zero-order valence-electron chi connectivity index (χ0n) is 24.9. The number of fused-ring (bicyclic) bond motifs is 3. The molecule has 0 spiro atoms. The normalized spacial score (nSPS) is 26.5. The van der Waals surface area contributed by atoms with E-state index in [1.54, 1.807) is 0 Å². The number of rotatable bonds is 5. The van der Waals surface area contributed by atoms with Crippen molar-refractivity contribution in [3.63, 3.8) is 0 Å². The first-order valence-electron chi connectivity index (χ1n) is 15.9. The van der Waals surface area contributed by atoms with E-state index in [1.807, 2.05) is 0 Å². The van der Waals surface area contributed by atoms with E-state index < -0.39 is 0 Å². The van der Waals surface area contributed by atoms with Gasteiger partial charge in [-0.05, 0) is 81.5 Å². The molecule has 42 heavy (non-hydrogen) atoms. The number of benzene rings is 2. The van der Waals surface area contributed by atoms with Gasteiger partial charge in [-0.1, -0.05) is 42.5 Å². The first-order valence-corrected chi connectivity index (χ1v) is 15.9. The molecule has 4 aliphatic heterocycles. The fourth-order valence-corrected chi connectivity index (χ4v) is 8.55. The number of likely N-dealkylation sites (tertiary alicyclic amines) is 1. The van der Waals surface area contributed by atoms with Gasteiger partial charge in [-0.3, -0.25) is 4.90 Å². The number of hydrogen-bond donors (Lipinski definition) is 0. The van der Waals surface area contributed by atoms with Gasteiger partial charge in [0.05, 0.1) is 24.2 Å². The molecule has 5 heterocycles. The van der Waals surface area contributed by atoms with Crippen LogP contribution in [0.3, 0.4) is 0 Å². The van der Waals surface area contributed by atoms with Crippen molar-refractivity contribution in [1.29, 1.82) is 5.26 Å². The predicted molar refractivity (Wildman–Crippen MR) is 165 cm³/mol. The molecule has 0 saturated carbocycles. The molecule has 2 aromatic carbocycles. The van der Waals surface area contributed by atoms with Gasteiger partial charge >= 0.3 is 0 Å². The zero-order valence-corrected chi connectivity index (χ0v) is 24.9. The van der Waals surface area contributed by atoms with Gasteiger partial charge in [-0.2, -0.15) is 5.26 Å². The highest BCUT2D eigenvalue weighted by Crippen LogP contribution is 2.45. The summed E-state index contributed by atoms with van der Waals surface area (Å²) in [5.74, 6) is 1.99. The Kier molecular flexibility index (Phi) is 7.64. The molecule has 4 aliphatic rings. The number of aromatic nitrogens is 2. The van der Waals surface area contributed by atoms with E-state index in [0.29, 0.717) is 31.3 Å². The number of guanidine groups is 1. The van der Waals surface area contributed by atoms with Gasteiger partial charge in [-0.15, -0.1) is 4.99 Å². The van der Waals surface area contributed by atoms with Crippen molar-refractivity contribution < 1.29 is 4.74 Å². The molecule has 8 nitrogen and oxygen atoms in total. The Hall–Kier alpha value is -3.41. The smallest absolute Gasteiger partial charge is 0.212 e. The molecule has 220 valence electrons. The molecule has 7 rings (SSSR count). The average Bonchev–Trinajstić information content (AvgIpc) is 3.50. The number of piperidine rings is 2. The van der Waals surface area contributed by atoms with E-state index in [9.17, 15) is 5.26 Å². The van der Waals surface area contributed by atoms with Gasteiger partial charge in [0.2, 0.25) is 12.2 Å². The molecule has 4 saturated heterocycles. The van der Waals surface area contributed by atoms with E-state index in [0.717, 1.165) is 62.9 Å². The highest BCUT2D eigenvalue weighted by Gasteiger charge is 2.44. The number of nitriles is 1. The van der Waals surface area contributed by atoms with Crippen molar-refractivity contribution in [2.45, 2.75) is 75.4 Å². The molecule has 4 fully saturated rings. The van der Waals surface area contributed by atoms with Crippen molar-refractivity contribution in [3.05, 3.63) is 66.0 Å². The maximum Gasteiger partial charge on any atom is 0.212 e. The minimum Gasteiger partial charge on any atom is -0.378 e. The first kappa shape index (κ1) is 27.4. The van der Waals surface area contributed by atoms with Crippen molar-refractivity contribution in [2.24, 2.45) is 4.99 Å². The number of aryl methyl sites for hydroxylation is 1. The average molecular weight is 566 g/mol. The van der Waals surface area contributed by atoms with Crippen molar-refractivity contribution in [2.75, 3.05) is 45.9 Å². The summed E-state index contributed by atoms with van der Waals surface area (Å²) in [5, 5.41) is 9.48. The third kappa shape index (κ3) is 5.07. The fraction of sp³-hybridized carbons (Fsp3) is 0.559. The van der Waals surface area contributed by atoms with Crippen LogP contribution in [0, 0.1) is 18.4 Å². The molecule has 3 aromatic rings. The molecular formula is C34H43N7O. The Labute approximate surface area is 249 Å². The van der Waals surface area contributed by atoms with Crippen molar-refractivity contribution in [3.8, 4) is 6.19 Å². The minimum atomic E-state index is 0.147. The Morgan fingerprint density at radius 2 is 1.60 bits per heavy atom. The van der Waals surface area contributed by atoms with Crippen LogP contribution in [0.2, 0.25) is 0 Å². The summed E-state index contributed by atoms with van der Waals surface area (Å²) in [6.45, 7) is 8.17. The summed E-state index contributed by atoms with van der Waals surface area (Å²) >= 11 is 0. The number of morpholine rings is 1. The lowest BCUT2D eigenvalue weighted by Crippen LogP contribution is -2.54. The quantitative estimate of drug-likeness (QED) is 0.243. The van der Waals surface area contributed by atoms with Crippen LogP contribution in [-0.2, 0) is 10.2 Å². The SMILES string of the molecule is Cc1nc2ccccc2n1C1C[C@H]2CC[C@@H](C1)N2CCC1(c2ccccc2)CCN(C(=NC#N)N2CCOCC2)CC1. The van der Waals surface area contributed by atoms with Crippen LogP contribution in [0.4, 0.5) is 0 Å².